The Hall–Kier alpha value is -2.61. The zero-order chi connectivity index (χ0) is 16.7. The fourth-order valence-electron chi connectivity index (χ4n) is 1.82. The minimum atomic E-state index is -1.06. The molecule has 0 unspecified atom stereocenters. The molecule has 23 heavy (non-hydrogen) atoms. The number of amides is 3. The smallest absolute Gasteiger partial charge is 0.329 e. The van der Waals surface area contributed by atoms with Crippen LogP contribution in [0.2, 0.25) is 0 Å². The molecular formula is C15H19N3O5. The van der Waals surface area contributed by atoms with Gasteiger partial charge < -0.3 is 25.8 Å². The fourth-order valence-corrected chi connectivity index (χ4v) is 1.82. The number of carbonyl (C=O) groups is 3. The lowest BCUT2D eigenvalue weighted by Crippen LogP contribution is -2.30. The molecule has 0 radical (unpaired) electrons. The average Bonchev–Trinajstić information content (AvgIpc) is 3.30. The molecule has 0 bridgehead atoms. The number of hydrogen-bond donors (Lipinski definition) is 4. The minimum Gasteiger partial charge on any atom is -0.480 e. The van der Waals surface area contributed by atoms with E-state index >= 15 is 0 Å². The summed E-state index contributed by atoms with van der Waals surface area (Å²) in [5.74, 6) is -1.38. The summed E-state index contributed by atoms with van der Waals surface area (Å²) in [6.45, 7) is -0.0862. The van der Waals surface area contributed by atoms with Crippen LogP contribution in [0, 0.1) is 0 Å². The summed E-state index contributed by atoms with van der Waals surface area (Å²) in [6, 6.07) is 6.53. The maximum atomic E-state index is 12.0. The summed E-state index contributed by atoms with van der Waals surface area (Å²) < 4.78 is 4.82. The Bertz CT molecular complexity index is 586. The Labute approximate surface area is 133 Å². The zero-order valence-electron chi connectivity index (χ0n) is 12.5. The molecule has 1 saturated carbocycles. The number of benzene rings is 1. The van der Waals surface area contributed by atoms with E-state index in [0.29, 0.717) is 11.3 Å². The third-order valence-electron chi connectivity index (χ3n) is 3.05. The maximum Gasteiger partial charge on any atom is 0.329 e. The molecule has 1 aliphatic rings. The van der Waals surface area contributed by atoms with Gasteiger partial charge in [-0.15, -0.1) is 0 Å². The standard InChI is InChI=1S/C15H19N3O5/c19-13(20)9-23-7-6-16-14(21)10-2-1-3-12(8-10)18-15(22)17-11-4-5-11/h1-3,8,11H,4-7,9H2,(H,16,21)(H,19,20)(H2,17,18,22). The van der Waals surface area contributed by atoms with Crippen molar-refractivity contribution in [3.05, 3.63) is 29.8 Å². The van der Waals surface area contributed by atoms with Crippen molar-refractivity contribution in [2.45, 2.75) is 18.9 Å². The van der Waals surface area contributed by atoms with Crippen LogP contribution >= 0.6 is 0 Å². The SMILES string of the molecule is O=C(O)COCCNC(=O)c1cccc(NC(=O)NC2CC2)c1. The molecule has 124 valence electrons. The molecule has 1 aromatic carbocycles. The van der Waals surface area contributed by atoms with Crippen LogP contribution in [0.5, 0.6) is 0 Å². The van der Waals surface area contributed by atoms with Gasteiger partial charge in [0, 0.05) is 23.8 Å². The first kappa shape index (κ1) is 16.8. The number of carbonyl (C=O) groups excluding carboxylic acids is 2. The molecule has 1 aliphatic carbocycles. The van der Waals surface area contributed by atoms with E-state index in [4.69, 9.17) is 9.84 Å². The van der Waals surface area contributed by atoms with Crippen LogP contribution in [0.4, 0.5) is 10.5 Å². The first-order chi connectivity index (χ1) is 11.0. The number of ether oxygens (including phenoxy) is 1. The van der Waals surface area contributed by atoms with Gasteiger partial charge in [-0.2, -0.15) is 0 Å². The van der Waals surface area contributed by atoms with E-state index in [1.54, 1.807) is 24.3 Å². The largest absolute Gasteiger partial charge is 0.480 e. The van der Waals surface area contributed by atoms with Crippen molar-refractivity contribution in [1.82, 2.24) is 10.6 Å². The highest BCUT2D eigenvalue weighted by Gasteiger charge is 2.23. The van der Waals surface area contributed by atoms with Crippen LogP contribution in [0.3, 0.4) is 0 Å². The van der Waals surface area contributed by atoms with Crippen LogP contribution < -0.4 is 16.0 Å². The van der Waals surface area contributed by atoms with Gasteiger partial charge in [0.05, 0.1) is 6.61 Å². The van der Waals surface area contributed by atoms with Gasteiger partial charge in [-0.1, -0.05) is 6.07 Å². The van der Waals surface area contributed by atoms with Gasteiger partial charge in [0.15, 0.2) is 0 Å². The topological polar surface area (TPSA) is 117 Å². The fraction of sp³-hybridized carbons (Fsp3) is 0.400. The molecular weight excluding hydrogens is 302 g/mol. The monoisotopic (exact) mass is 321 g/mol. The molecule has 0 aromatic heterocycles. The molecule has 1 fully saturated rings. The Morgan fingerprint density at radius 2 is 2.04 bits per heavy atom. The number of carboxylic acids is 1. The second kappa shape index (κ2) is 8.14. The van der Waals surface area contributed by atoms with E-state index in [0.717, 1.165) is 12.8 Å². The van der Waals surface area contributed by atoms with Crippen molar-refractivity contribution >= 4 is 23.6 Å². The highest BCUT2D eigenvalue weighted by Crippen LogP contribution is 2.19. The van der Waals surface area contributed by atoms with E-state index < -0.39 is 12.6 Å². The molecule has 0 saturated heterocycles. The second-order valence-electron chi connectivity index (χ2n) is 5.16. The maximum absolute atomic E-state index is 12.0. The van der Waals surface area contributed by atoms with Crippen molar-refractivity contribution in [1.29, 1.82) is 0 Å². The van der Waals surface area contributed by atoms with E-state index in [9.17, 15) is 14.4 Å². The van der Waals surface area contributed by atoms with Crippen molar-refractivity contribution in [2.75, 3.05) is 25.1 Å². The first-order valence-corrected chi connectivity index (χ1v) is 7.30. The number of anilines is 1. The number of carboxylic acid groups (broad SMARTS) is 1. The Morgan fingerprint density at radius 1 is 1.26 bits per heavy atom. The van der Waals surface area contributed by atoms with Gasteiger partial charge in [0.1, 0.15) is 6.61 Å². The van der Waals surface area contributed by atoms with Gasteiger partial charge in [0.2, 0.25) is 0 Å². The third kappa shape index (κ3) is 6.35. The average molecular weight is 321 g/mol. The molecule has 0 aliphatic heterocycles. The molecule has 0 spiro atoms. The van der Waals surface area contributed by atoms with Crippen molar-refractivity contribution in [2.24, 2.45) is 0 Å². The number of aliphatic carboxylic acids is 1. The van der Waals surface area contributed by atoms with Gasteiger partial charge in [-0.3, -0.25) is 4.79 Å². The summed E-state index contributed by atoms with van der Waals surface area (Å²) >= 11 is 0. The van der Waals surface area contributed by atoms with Crippen LogP contribution in [0.15, 0.2) is 24.3 Å². The molecule has 8 nitrogen and oxygen atoms in total. The lowest BCUT2D eigenvalue weighted by Gasteiger charge is -2.09. The Morgan fingerprint density at radius 3 is 2.74 bits per heavy atom. The van der Waals surface area contributed by atoms with Crippen molar-refractivity contribution < 1.29 is 24.2 Å². The van der Waals surface area contributed by atoms with Gasteiger partial charge in [0.25, 0.3) is 5.91 Å². The molecule has 8 heteroatoms. The number of hydrogen-bond acceptors (Lipinski definition) is 4. The molecule has 2 rings (SSSR count). The second-order valence-corrected chi connectivity index (χ2v) is 5.16. The first-order valence-electron chi connectivity index (χ1n) is 7.30. The predicted octanol–water partition coefficient (Wildman–Crippen LogP) is 0.801. The lowest BCUT2D eigenvalue weighted by atomic mass is 10.2. The molecule has 4 N–H and O–H groups in total. The predicted molar refractivity (Wildman–Crippen MR) is 82.4 cm³/mol. The minimum absolute atomic E-state index is 0.111. The highest BCUT2D eigenvalue weighted by atomic mass is 16.5. The lowest BCUT2D eigenvalue weighted by molar-refractivity contribution is -0.142. The summed E-state index contributed by atoms with van der Waals surface area (Å²) in [4.78, 5) is 33.9. The number of urea groups is 1. The zero-order valence-corrected chi connectivity index (χ0v) is 12.5. The number of nitrogens with one attached hydrogen (secondary N) is 3. The van der Waals surface area contributed by atoms with Crippen LogP contribution in [0.1, 0.15) is 23.2 Å². The Kier molecular flexibility index (Phi) is 5.93. The van der Waals surface area contributed by atoms with Gasteiger partial charge >= 0.3 is 12.0 Å². The normalized spacial score (nSPS) is 13.2. The van der Waals surface area contributed by atoms with E-state index in [-0.39, 0.29) is 31.1 Å². The van der Waals surface area contributed by atoms with E-state index in [1.165, 1.54) is 0 Å². The van der Waals surface area contributed by atoms with Gasteiger partial charge in [-0.05, 0) is 31.0 Å². The summed E-state index contributed by atoms with van der Waals surface area (Å²) in [6.07, 6.45) is 2.00. The van der Waals surface area contributed by atoms with E-state index in [1.807, 2.05) is 0 Å². The molecule has 0 heterocycles. The number of rotatable bonds is 8. The Balaban J connectivity index is 1.77. The summed E-state index contributed by atoms with van der Waals surface area (Å²) in [5.41, 5.74) is 0.922. The van der Waals surface area contributed by atoms with Gasteiger partial charge in [-0.25, -0.2) is 9.59 Å². The highest BCUT2D eigenvalue weighted by molar-refractivity contribution is 5.96. The van der Waals surface area contributed by atoms with Crippen molar-refractivity contribution in [3.8, 4) is 0 Å². The molecule has 0 atom stereocenters. The van der Waals surface area contributed by atoms with E-state index in [2.05, 4.69) is 16.0 Å². The molecule has 1 aromatic rings. The summed E-state index contributed by atoms with van der Waals surface area (Å²) in [7, 11) is 0. The van der Waals surface area contributed by atoms with Crippen LogP contribution in [0.25, 0.3) is 0 Å². The van der Waals surface area contributed by atoms with Crippen molar-refractivity contribution in [3.63, 3.8) is 0 Å². The van der Waals surface area contributed by atoms with Crippen LogP contribution in [-0.4, -0.2) is 48.8 Å². The quantitative estimate of drug-likeness (QED) is 0.528. The molecule has 3 amide bonds. The summed E-state index contributed by atoms with van der Waals surface area (Å²) in [5, 5.41) is 16.5. The third-order valence-corrected chi connectivity index (χ3v) is 3.05. The van der Waals surface area contributed by atoms with Crippen LogP contribution in [-0.2, 0) is 9.53 Å².